The van der Waals surface area contributed by atoms with Crippen LogP contribution < -0.4 is 0 Å². The third kappa shape index (κ3) is 9.42. The van der Waals surface area contributed by atoms with Crippen molar-refractivity contribution in [2.45, 2.75) is 71.4 Å². The summed E-state index contributed by atoms with van der Waals surface area (Å²) in [5.41, 5.74) is 0. The summed E-state index contributed by atoms with van der Waals surface area (Å²) in [6.45, 7) is 7.45. The van der Waals surface area contributed by atoms with Crippen molar-refractivity contribution in [3.63, 3.8) is 0 Å². The lowest BCUT2D eigenvalue weighted by Crippen LogP contribution is -2.48. The minimum Gasteiger partial charge on any atom is -0.377 e. The van der Waals surface area contributed by atoms with Crippen molar-refractivity contribution in [3.05, 3.63) is 0 Å². The van der Waals surface area contributed by atoms with Gasteiger partial charge in [0.25, 0.3) is 0 Å². The van der Waals surface area contributed by atoms with Gasteiger partial charge in [-0.1, -0.05) is 0 Å². The molecule has 3 nitrogen and oxygen atoms in total. The van der Waals surface area contributed by atoms with Gasteiger partial charge in [-0.3, -0.25) is 0 Å². The maximum Gasteiger partial charge on any atom is 0.501 e. The van der Waals surface area contributed by atoms with Gasteiger partial charge in [0, 0.05) is 31.8 Å². The Bertz CT molecular complexity index is 235. The highest BCUT2D eigenvalue weighted by Crippen LogP contribution is 2.26. The van der Waals surface area contributed by atoms with E-state index in [0.717, 1.165) is 0 Å². The quantitative estimate of drug-likeness (QED) is 0.473. The van der Waals surface area contributed by atoms with Gasteiger partial charge in [-0.2, -0.15) is 13.2 Å². The number of unbranched alkanes of at least 4 members (excludes halogenated alkanes) is 1. The molecule has 0 aromatic heterocycles. The van der Waals surface area contributed by atoms with Crippen LogP contribution in [0.3, 0.4) is 0 Å². The molecule has 0 N–H and O–H groups in total. The van der Waals surface area contributed by atoms with Crippen LogP contribution in [-0.4, -0.2) is 34.3 Å². The smallest absolute Gasteiger partial charge is 0.377 e. The molecule has 0 aliphatic rings. The van der Waals surface area contributed by atoms with Gasteiger partial charge < -0.3 is 13.3 Å². The third-order valence-corrected chi connectivity index (χ3v) is 5.58. The fraction of sp³-hybridized carbons (Fsp3) is 1.00. The standard InChI is InChI=1S/C12H25F3O3Si/c1-10(2)17-19(16-5,18-11(3)4)9-7-6-8-12(13,14)15/h10-11H,6-9H2,1-5H3. The highest BCUT2D eigenvalue weighted by atomic mass is 28.4. The van der Waals surface area contributed by atoms with Gasteiger partial charge in [-0.15, -0.1) is 0 Å². The minimum absolute atomic E-state index is 0.0739. The molecule has 0 bridgehead atoms. The maximum absolute atomic E-state index is 12.1. The van der Waals surface area contributed by atoms with Gasteiger partial charge in [0.15, 0.2) is 0 Å². The van der Waals surface area contributed by atoms with E-state index in [2.05, 4.69) is 0 Å². The van der Waals surface area contributed by atoms with Crippen LogP contribution in [-0.2, 0) is 13.3 Å². The molecule has 0 unspecified atom stereocenters. The van der Waals surface area contributed by atoms with E-state index in [-0.39, 0.29) is 18.6 Å². The molecule has 0 atom stereocenters. The van der Waals surface area contributed by atoms with Crippen molar-refractivity contribution in [3.8, 4) is 0 Å². The average molecular weight is 302 g/mol. The zero-order valence-corrected chi connectivity index (χ0v) is 13.3. The minimum atomic E-state index is -4.10. The van der Waals surface area contributed by atoms with E-state index in [1.54, 1.807) is 0 Å². The Labute approximate surface area is 114 Å². The van der Waals surface area contributed by atoms with Crippen LogP contribution in [0.1, 0.15) is 47.0 Å². The Morgan fingerprint density at radius 2 is 1.42 bits per heavy atom. The molecule has 19 heavy (non-hydrogen) atoms. The van der Waals surface area contributed by atoms with Gasteiger partial charge in [-0.05, 0) is 40.5 Å². The fourth-order valence-corrected chi connectivity index (χ4v) is 4.54. The Balaban J connectivity index is 4.40. The summed E-state index contributed by atoms with van der Waals surface area (Å²) in [5.74, 6) is 0. The Hall–Kier alpha value is -0.113. The van der Waals surface area contributed by atoms with Crippen molar-refractivity contribution >= 4 is 8.80 Å². The molecule has 0 spiro atoms. The molecule has 0 amide bonds. The number of hydrogen-bond donors (Lipinski definition) is 0. The van der Waals surface area contributed by atoms with Crippen molar-refractivity contribution in [1.82, 2.24) is 0 Å². The lowest BCUT2D eigenvalue weighted by Gasteiger charge is -2.31. The molecule has 0 radical (unpaired) electrons. The second-order valence-corrected chi connectivity index (χ2v) is 7.79. The first-order valence-electron chi connectivity index (χ1n) is 6.58. The third-order valence-electron chi connectivity index (χ3n) is 2.33. The Morgan fingerprint density at radius 1 is 0.947 bits per heavy atom. The van der Waals surface area contributed by atoms with Crippen molar-refractivity contribution in [1.29, 1.82) is 0 Å². The molecule has 0 rings (SSSR count). The lowest BCUT2D eigenvalue weighted by atomic mass is 10.2. The largest absolute Gasteiger partial charge is 0.501 e. The number of hydrogen-bond acceptors (Lipinski definition) is 3. The predicted octanol–water partition coefficient (Wildman–Crippen LogP) is 4.15. The normalized spacial score (nSPS) is 13.6. The zero-order valence-electron chi connectivity index (χ0n) is 12.3. The first kappa shape index (κ1) is 18.9. The summed E-state index contributed by atoms with van der Waals surface area (Å²) >= 11 is 0. The van der Waals surface area contributed by atoms with Crippen LogP contribution in [0.2, 0.25) is 6.04 Å². The first-order valence-corrected chi connectivity index (χ1v) is 8.51. The highest BCUT2D eigenvalue weighted by molar-refractivity contribution is 6.60. The molecule has 0 heterocycles. The van der Waals surface area contributed by atoms with E-state index in [9.17, 15) is 13.2 Å². The van der Waals surface area contributed by atoms with E-state index in [4.69, 9.17) is 13.3 Å². The summed E-state index contributed by atoms with van der Waals surface area (Å²) in [7, 11) is -1.36. The Kier molecular flexibility index (Phi) is 8.19. The number of halogens is 3. The van der Waals surface area contributed by atoms with Gasteiger partial charge in [0.2, 0.25) is 0 Å². The van der Waals surface area contributed by atoms with E-state index in [0.29, 0.717) is 12.5 Å². The average Bonchev–Trinajstić information content (AvgIpc) is 2.21. The molecule has 0 fully saturated rings. The summed E-state index contributed by atoms with van der Waals surface area (Å²) < 4.78 is 53.2. The number of alkyl halides is 3. The summed E-state index contributed by atoms with van der Waals surface area (Å²) in [6.07, 6.45) is -4.57. The fourth-order valence-electron chi connectivity index (χ4n) is 1.73. The summed E-state index contributed by atoms with van der Waals surface area (Å²) in [5, 5.41) is 0. The summed E-state index contributed by atoms with van der Waals surface area (Å²) in [6, 6.07) is 0.413. The maximum atomic E-state index is 12.1. The van der Waals surface area contributed by atoms with Crippen LogP contribution in [0.25, 0.3) is 0 Å². The molecule has 116 valence electrons. The molecule has 0 saturated heterocycles. The molecular formula is C12H25F3O3Si. The van der Waals surface area contributed by atoms with Crippen LogP contribution >= 0.6 is 0 Å². The van der Waals surface area contributed by atoms with Crippen LogP contribution in [0.4, 0.5) is 13.2 Å². The van der Waals surface area contributed by atoms with Crippen LogP contribution in [0.5, 0.6) is 0 Å². The predicted molar refractivity (Wildman–Crippen MR) is 69.9 cm³/mol. The van der Waals surface area contributed by atoms with Gasteiger partial charge in [0.05, 0.1) is 0 Å². The van der Waals surface area contributed by atoms with E-state index in [1.807, 2.05) is 27.7 Å². The number of rotatable bonds is 9. The van der Waals surface area contributed by atoms with Crippen molar-refractivity contribution < 1.29 is 26.4 Å². The topological polar surface area (TPSA) is 27.7 Å². The molecular weight excluding hydrogens is 277 g/mol. The highest BCUT2D eigenvalue weighted by Gasteiger charge is 2.41. The van der Waals surface area contributed by atoms with Crippen molar-refractivity contribution in [2.75, 3.05) is 7.11 Å². The van der Waals surface area contributed by atoms with E-state index < -0.39 is 21.4 Å². The lowest BCUT2D eigenvalue weighted by molar-refractivity contribution is -0.135. The van der Waals surface area contributed by atoms with Crippen molar-refractivity contribution in [2.24, 2.45) is 0 Å². The van der Waals surface area contributed by atoms with Gasteiger partial charge in [0.1, 0.15) is 0 Å². The second kappa shape index (κ2) is 8.24. The van der Waals surface area contributed by atoms with Crippen LogP contribution in [0.15, 0.2) is 0 Å². The summed E-state index contributed by atoms with van der Waals surface area (Å²) in [4.78, 5) is 0. The van der Waals surface area contributed by atoms with Gasteiger partial charge in [-0.25, -0.2) is 0 Å². The second-order valence-electron chi connectivity index (χ2n) is 5.04. The SMILES string of the molecule is CO[Si](CCCCC(F)(F)F)(OC(C)C)OC(C)C. The molecule has 0 aromatic rings. The van der Waals surface area contributed by atoms with E-state index >= 15 is 0 Å². The molecule has 0 aliphatic carbocycles. The van der Waals surface area contributed by atoms with E-state index in [1.165, 1.54) is 7.11 Å². The monoisotopic (exact) mass is 302 g/mol. The zero-order chi connectivity index (χ0) is 15.1. The van der Waals surface area contributed by atoms with Crippen LogP contribution in [0, 0.1) is 0 Å². The first-order chi connectivity index (χ1) is 8.60. The molecule has 0 aromatic carbocycles. The molecule has 0 saturated carbocycles. The molecule has 0 aliphatic heterocycles. The molecule has 7 heteroatoms. The van der Waals surface area contributed by atoms with Gasteiger partial charge >= 0.3 is 15.0 Å². The Morgan fingerprint density at radius 3 is 1.74 bits per heavy atom.